The van der Waals surface area contributed by atoms with Crippen molar-refractivity contribution >= 4 is 17.2 Å². The van der Waals surface area contributed by atoms with Gasteiger partial charge in [-0.3, -0.25) is 4.79 Å². The molecule has 1 atom stereocenters. The van der Waals surface area contributed by atoms with Crippen LogP contribution in [0.2, 0.25) is 0 Å². The van der Waals surface area contributed by atoms with E-state index in [0.717, 1.165) is 11.3 Å². The number of hydrogen-bond acceptors (Lipinski definition) is 6. The molecule has 6 nitrogen and oxygen atoms in total. The van der Waals surface area contributed by atoms with Crippen molar-refractivity contribution in [3.8, 4) is 11.8 Å². The predicted octanol–water partition coefficient (Wildman–Crippen LogP) is 1.84. The standard InChI is InChI=1S/C14H15N3O3S/c1-19-12-4-5-13(16-15-12)20-10-6-7-17(9-10)14(18)11-3-2-8-21-11/h2-5,8,10H,6-7,9H2,1H3. The van der Waals surface area contributed by atoms with Crippen molar-refractivity contribution in [1.29, 1.82) is 0 Å². The molecule has 1 aliphatic heterocycles. The highest BCUT2D eigenvalue weighted by atomic mass is 32.1. The maximum Gasteiger partial charge on any atom is 0.264 e. The zero-order valence-electron chi connectivity index (χ0n) is 11.6. The van der Waals surface area contributed by atoms with E-state index in [2.05, 4.69) is 10.2 Å². The van der Waals surface area contributed by atoms with Gasteiger partial charge in [-0.15, -0.1) is 21.5 Å². The Bertz CT molecular complexity index is 600. The van der Waals surface area contributed by atoms with Crippen LogP contribution in [0.5, 0.6) is 11.8 Å². The quantitative estimate of drug-likeness (QED) is 0.862. The van der Waals surface area contributed by atoms with Crippen molar-refractivity contribution < 1.29 is 14.3 Å². The number of carbonyl (C=O) groups excluding carboxylic acids is 1. The smallest absolute Gasteiger partial charge is 0.264 e. The Morgan fingerprint density at radius 3 is 2.81 bits per heavy atom. The number of likely N-dealkylation sites (tertiary alicyclic amines) is 1. The normalized spacial score (nSPS) is 17.8. The predicted molar refractivity (Wildman–Crippen MR) is 77.8 cm³/mol. The van der Waals surface area contributed by atoms with Crippen LogP contribution in [0.25, 0.3) is 0 Å². The van der Waals surface area contributed by atoms with Gasteiger partial charge in [-0.2, -0.15) is 0 Å². The molecule has 7 heteroatoms. The topological polar surface area (TPSA) is 64.6 Å². The molecule has 2 aromatic heterocycles. The number of ether oxygens (including phenoxy) is 2. The van der Waals surface area contributed by atoms with Crippen molar-refractivity contribution in [2.75, 3.05) is 20.2 Å². The lowest BCUT2D eigenvalue weighted by Gasteiger charge is -2.16. The van der Waals surface area contributed by atoms with Gasteiger partial charge in [0.1, 0.15) is 6.10 Å². The molecular weight excluding hydrogens is 290 g/mol. The third kappa shape index (κ3) is 3.13. The van der Waals surface area contributed by atoms with E-state index in [-0.39, 0.29) is 12.0 Å². The molecule has 1 saturated heterocycles. The first kappa shape index (κ1) is 13.8. The number of nitrogens with zero attached hydrogens (tertiary/aromatic N) is 3. The molecule has 21 heavy (non-hydrogen) atoms. The molecule has 110 valence electrons. The number of carbonyl (C=O) groups is 1. The molecule has 0 aromatic carbocycles. The Morgan fingerprint density at radius 1 is 1.33 bits per heavy atom. The van der Waals surface area contributed by atoms with Gasteiger partial charge in [0.05, 0.1) is 18.5 Å². The fourth-order valence-corrected chi connectivity index (χ4v) is 2.91. The van der Waals surface area contributed by atoms with Gasteiger partial charge in [-0.1, -0.05) is 6.07 Å². The van der Waals surface area contributed by atoms with Gasteiger partial charge in [0, 0.05) is 25.1 Å². The molecule has 0 aliphatic carbocycles. The summed E-state index contributed by atoms with van der Waals surface area (Å²) in [6.07, 6.45) is 0.752. The third-order valence-electron chi connectivity index (χ3n) is 3.28. The highest BCUT2D eigenvalue weighted by Gasteiger charge is 2.29. The van der Waals surface area contributed by atoms with Gasteiger partial charge >= 0.3 is 0 Å². The largest absolute Gasteiger partial charge is 0.480 e. The minimum Gasteiger partial charge on any atom is -0.480 e. The summed E-state index contributed by atoms with van der Waals surface area (Å²) in [6.45, 7) is 1.27. The minimum atomic E-state index is -0.0448. The van der Waals surface area contributed by atoms with E-state index < -0.39 is 0 Å². The van der Waals surface area contributed by atoms with E-state index >= 15 is 0 Å². The third-order valence-corrected chi connectivity index (χ3v) is 4.13. The molecular formula is C14H15N3O3S. The van der Waals surface area contributed by atoms with Crippen molar-refractivity contribution in [1.82, 2.24) is 15.1 Å². The lowest BCUT2D eigenvalue weighted by atomic mass is 10.3. The van der Waals surface area contributed by atoms with E-state index in [9.17, 15) is 4.79 Å². The molecule has 0 saturated carbocycles. The summed E-state index contributed by atoms with van der Waals surface area (Å²) in [6, 6.07) is 7.15. The van der Waals surface area contributed by atoms with Crippen molar-refractivity contribution in [3.63, 3.8) is 0 Å². The summed E-state index contributed by atoms with van der Waals surface area (Å²) < 4.78 is 10.7. The van der Waals surface area contributed by atoms with E-state index in [1.807, 2.05) is 22.4 Å². The molecule has 2 aromatic rings. The van der Waals surface area contributed by atoms with Crippen LogP contribution >= 0.6 is 11.3 Å². The Morgan fingerprint density at radius 2 is 2.14 bits per heavy atom. The molecule has 1 aliphatic rings. The summed E-state index contributed by atoms with van der Waals surface area (Å²) in [5, 5.41) is 9.70. The number of aromatic nitrogens is 2. The van der Waals surface area contributed by atoms with Crippen molar-refractivity contribution in [2.24, 2.45) is 0 Å². The highest BCUT2D eigenvalue weighted by Crippen LogP contribution is 2.20. The fraction of sp³-hybridized carbons (Fsp3) is 0.357. The number of hydrogen-bond donors (Lipinski definition) is 0. The Hall–Kier alpha value is -2.15. The van der Waals surface area contributed by atoms with Gasteiger partial charge in [0.25, 0.3) is 5.91 Å². The molecule has 0 N–H and O–H groups in total. The van der Waals surface area contributed by atoms with Gasteiger partial charge < -0.3 is 14.4 Å². The van der Waals surface area contributed by atoms with Crippen LogP contribution < -0.4 is 9.47 Å². The molecule has 0 bridgehead atoms. The van der Waals surface area contributed by atoms with Crippen molar-refractivity contribution in [3.05, 3.63) is 34.5 Å². The molecule has 0 radical (unpaired) electrons. The average molecular weight is 305 g/mol. The van der Waals surface area contributed by atoms with E-state index in [1.54, 1.807) is 12.1 Å². The van der Waals surface area contributed by atoms with Gasteiger partial charge in [-0.05, 0) is 11.4 Å². The molecule has 3 rings (SSSR count). The number of methoxy groups -OCH3 is 1. The second-order valence-corrected chi connectivity index (χ2v) is 5.62. The van der Waals surface area contributed by atoms with Crippen LogP contribution in [0.4, 0.5) is 0 Å². The Kier molecular flexibility index (Phi) is 4.01. The number of amides is 1. The van der Waals surface area contributed by atoms with E-state index in [0.29, 0.717) is 24.8 Å². The minimum absolute atomic E-state index is 0.0448. The average Bonchev–Trinajstić information content (AvgIpc) is 3.19. The monoisotopic (exact) mass is 305 g/mol. The first-order valence-corrected chi connectivity index (χ1v) is 7.51. The highest BCUT2D eigenvalue weighted by molar-refractivity contribution is 7.12. The summed E-state index contributed by atoms with van der Waals surface area (Å²) in [4.78, 5) is 14.8. The van der Waals surface area contributed by atoms with Gasteiger partial charge in [-0.25, -0.2) is 0 Å². The Balaban J connectivity index is 1.58. The SMILES string of the molecule is COc1ccc(OC2CCN(C(=O)c3cccs3)C2)nn1. The van der Waals surface area contributed by atoms with Crippen LogP contribution in [-0.4, -0.2) is 47.3 Å². The second-order valence-electron chi connectivity index (χ2n) is 4.67. The summed E-state index contributed by atoms with van der Waals surface area (Å²) in [5.41, 5.74) is 0. The van der Waals surface area contributed by atoms with Crippen molar-refractivity contribution in [2.45, 2.75) is 12.5 Å². The first-order valence-electron chi connectivity index (χ1n) is 6.63. The molecule has 1 amide bonds. The summed E-state index contributed by atoms with van der Waals surface area (Å²) in [7, 11) is 1.54. The number of rotatable bonds is 4. The molecule has 0 spiro atoms. The molecule has 3 heterocycles. The lowest BCUT2D eigenvalue weighted by Crippen LogP contribution is -2.30. The summed E-state index contributed by atoms with van der Waals surface area (Å²) in [5.74, 6) is 0.964. The number of thiophene rings is 1. The van der Waals surface area contributed by atoms with Gasteiger partial charge in [0.15, 0.2) is 0 Å². The first-order chi connectivity index (χ1) is 10.3. The van der Waals surface area contributed by atoms with Gasteiger partial charge in [0.2, 0.25) is 11.8 Å². The second kappa shape index (κ2) is 6.09. The summed E-state index contributed by atoms with van der Waals surface area (Å²) >= 11 is 1.46. The van der Waals surface area contributed by atoms with Crippen LogP contribution in [-0.2, 0) is 0 Å². The molecule has 1 fully saturated rings. The Labute approximate surface area is 126 Å². The lowest BCUT2D eigenvalue weighted by molar-refractivity contribution is 0.0775. The van der Waals surface area contributed by atoms with E-state index in [1.165, 1.54) is 18.4 Å². The zero-order valence-corrected chi connectivity index (χ0v) is 12.4. The fourth-order valence-electron chi connectivity index (χ4n) is 2.22. The van der Waals surface area contributed by atoms with Crippen LogP contribution in [0.1, 0.15) is 16.1 Å². The van der Waals surface area contributed by atoms with Crippen LogP contribution in [0, 0.1) is 0 Å². The van der Waals surface area contributed by atoms with Crippen LogP contribution in [0.15, 0.2) is 29.6 Å². The maximum absolute atomic E-state index is 12.2. The van der Waals surface area contributed by atoms with E-state index in [4.69, 9.17) is 9.47 Å². The maximum atomic E-state index is 12.2. The molecule has 1 unspecified atom stereocenters. The zero-order chi connectivity index (χ0) is 14.7. The van der Waals surface area contributed by atoms with Crippen LogP contribution in [0.3, 0.4) is 0 Å².